The van der Waals surface area contributed by atoms with Crippen LogP contribution in [0.1, 0.15) is 11.3 Å². The van der Waals surface area contributed by atoms with E-state index in [1.807, 2.05) is 0 Å². The molecule has 0 amide bonds. The van der Waals surface area contributed by atoms with Crippen molar-refractivity contribution >= 4 is 19.7 Å². The number of aryl methyl sites for hydroxylation is 1. The molecular weight excluding hydrogens is 212 g/mol. The first-order valence-electron chi connectivity index (χ1n) is 3.27. The minimum Gasteiger partial charge on any atom is -0.239 e. The Bertz CT molecular complexity index is 476. The minimum atomic E-state index is -3.93. The monoisotopic (exact) mass is 216 g/mol. The summed E-state index contributed by atoms with van der Waals surface area (Å²) < 4.78 is 21.8. The van der Waals surface area contributed by atoms with Gasteiger partial charge in [-0.1, -0.05) is 0 Å². The van der Waals surface area contributed by atoms with Crippen LogP contribution in [-0.2, 0) is 9.05 Å². The Balaban J connectivity index is 3.53. The van der Waals surface area contributed by atoms with E-state index in [4.69, 9.17) is 15.9 Å². The SMILES string of the molecule is Cc1ccc(C#N)c(S(=O)(=O)Cl)n1. The molecule has 0 aliphatic rings. The topological polar surface area (TPSA) is 70.8 Å². The van der Waals surface area contributed by atoms with E-state index in [9.17, 15) is 8.42 Å². The molecule has 4 nitrogen and oxygen atoms in total. The van der Waals surface area contributed by atoms with E-state index in [1.54, 1.807) is 19.1 Å². The van der Waals surface area contributed by atoms with E-state index in [0.717, 1.165) is 0 Å². The molecule has 6 heteroatoms. The summed E-state index contributed by atoms with van der Waals surface area (Å²) in [6.45, 7) is 1.62. The van der Waals surface area contributed by atoms with Crippen molar-refractivity contribution in [2.75, 3.05) is 0 Å². The molecule has 0 spiro atoms. The summed E-state index contributed by atoms with van der Waals surface area (Å²) in [4.78, 5) is 3.67. The van der Waals surface area contributed by atoms with E-state index >= 15 is 0 Å². The third-order valence-corrected chi connectivity index (χ3v) is 2.56. The van der Waals surface area contributed by atoms with Crippen LogP contribution in [0.25, 0.3) is 0 Å². The Labute approximate surface area is 80.2 Å². The number of nitriles is 1. The summed E-state index contributed by atoms with van der Waals surface area (Å²) in [5.41, 5.74) is 0.457. The summed E-state index contributed by atoms with van der Waals surface area (Å²) in [7, 11) is 1.14. The highest BCUT2D eigenvalue weighted by Crippen LogP contribution is 2.16. The molecule has 0 saturated heterocycles. The maximum atomic E-state index is 10.9. The van der Waals surface area contributed by atoms with Gasteiger partial charge in [-0.3, -0.25) is 0 Å². The average Bonchev–Trinajstić information content (AvgIpc) is 2.03. The van der Waals surface area contributed by atoms with Crippen molar-refractivity contribution in [3.05, 3.63) is 23.4 Å². The lowest BCUT2D eigenvalue weighted by molar-refractivity contribution is 0.605. The van der Waals surface area contributed by atoms with Crippen LogP contribution in [0.4, 0.5) is 0 Å². The molecule has 68 valence electrons. The Morgan fingerprint density at radius 3 is 2.62 bits per heavy atom. The van der Waals surface area contributed by atoms with Crippen LogP contribution in [0.5, 0.6) is 0 Å². The van der Waals surface area contributed by atoms with E-state index in [1.165, 1.54) is 6.07 Å². The molecule has 0 aliphatic carbocycles. The lowest BCUT2D eigenvalue weighted by Crippen LogP contribution is -2.00. The largest absolute Gasteiger partial charge is 0.280 e. The smallest absolute Gasteiger partial charge is 0.239 e. The van der Waals surface area contributed by atoms with Gasteiger partial charge in [-0.15, -0.1) is 0 Å². The standard InChI is InChI=1S/C7H5ClN2O2S/c1-5-2-3-6(4-9)7(10-5)13(8,11)12/h2-3H,1H3. The summed E-state index contributed by atoms with van der Waals surface area (Å²) in [6, 6.07) is 4.62. The second kappa shape index (κ2) is 3.32. The molecule has 0 saturated carbocycles. The molecule has 1 heterocycles. The molecule has 0 unspecified atom stereocenters. The fourth-order valence-corrected chi connectivity index (χ4v) is 1.79. The number of nitrogens with zero attached hydrogens (tertiary/aromatic N) is 2. The van der Waals surface area contributed by atoms with Crippen molar-refractivity contribution in [2.45, 2.75) is 11.9 Å². The zero-order valence-corrected chi connectivity index (χ0v) is 8.22. The Morgan fingerprint density at radius 1 is 1.54 bits per heavy atom. The zero-order valence-electron chi connectivity index (χ0n) is 6.65. The molecule has 0 radical (unpaired) electrons. The third kappa shape index (κ3) is 2.17. The van der Waals surface area contributed by atoms with Crippen molar-refractivity contribution in [3.8, 4) is 6.07 Å². The van der Waals surface area contributed by atoms with Crippen molar-refractivity contribution in [1.29, 1.82) is 5.26 Å². The molecule has 1 aromatic rings. The fraction of sp³-hybridized carbons (Fsp3) is 0.143. The molecule has 13 heavy (non-hydrogen) atoms. The Kier molecular flexibility index (Phi) is 2.55. The van der Waals surface area contributed by atoms with Gasteiger partial charge in [0, 0.05) is 16.4 Å². The van der Waals surface area contributed by atoms with Crippen molar-refractivity contribution in [3.63, 3.8) is 0 Å². The summed E-state index contributed by atoms with van der Waals surface area (Å²) >= 11 is 0. The van der Waals surface area contributed by atoms with E-state index in [0.29, 0.717) is 5.69 Å². The number of hydrogen-bond acceptors (Lipinski definition) is 4. The molecule has 0 aliphatic heterocycles. The Morgan fingerprint density at radius 2 is 2.15 bits per heavy atom. The lowest BCUT2D eigenvalue weighted by atomic mass is 10.3. The molecule has 0 bridgehead atoms. The normalized spacial score (nSPS) is 10.8. The number of rotatable bonds is 1. The molecule has 0 N–H and O–H groups in total. The second-order valence-corrected chi connectivity index (χ2v) is 4.84. The van der Waals surface area contributed by atoms with Crippen molar-refractivity contribution < 1.29 is 8.42 Å². The van der Waals surface area contributed by atoms with E-state index < -0.39 is 9.05 Å². The van der Waals surface area contributed by atoms with Gasteiger partial charge in [-0.05, 0) is 19.1 Å². The highest BCUT2D eigenvalue weighted by molar-refractivity contribution is 8.13. The molecule has 0 aromatic carbocycles. The molecule has 0 fully saturated rings. The van der Waals surface area contributed by atoms with Gasteiger partial charge in [0.25, 0.3) is 9.05 Å². The van der Waals surface area contributed by atoms with Gasteiger partial charge in [-0.2, -0.15) is 5.26 Å². The van der Waals surface area contributed by atoms with Gasteiger partial charge in [0.1, 0.15) is 6.07 Å². The van der Waals surface area contributed by atoms with Gasteiger partial charge < -0.3 is 0 Å². The van der Waals surface area contributed by atoms with Crippen LogP contribution >= 0.6 is 10.7 Å². The predicted octanol–water partition coefficient (Wildman–Crippen LogP) is 1.19. The van der Waals surface area contributed by atoms with Gasteiger partial charge in [0.15, 0.2) is 5.03 Å². The highest BCUT2D eigenvalue weighted by Gasteiger charge is 2.17. The molecule has 0 atom stereocenters. The van der Waals surface area contributed by atoms with Crippen LogP contribution in [-0.4, -0.2) is 13.4 Å². The van der Waals surface area contributed by atoms with Crippen LogP contribution in [0.2, 0.25) is 0 Å². The quantitative estimate of drug-likeness (QED) is 0.661. The first-order valence-corrected chi connectivity index (χ1v) is 5.58. The maximum Gasteiger partial charge on any atom is 0.280 e. The fourth-order valence-electron chi connectivity index (χ4n) is 0.804. The van der Waals surface area contributed by atoms with Crippen LogP contribution in [0.15, 0.2) is 17.2 Å². The zero-order chi connectivity index (χ0) is 10.1. The van der Waals surface area contributed by atoms with Crippen LogP contribution in [0.3, 0.4) is 0 Å². The maximum absolute atomic E-state index is 10.9. The number of pyridine rings is 1. The number of hydrogen-bond donors (Lipinski definition) is 0. The van der Waals surface area contributed by atoms with Crippen molar-refractivity contribution in [2.24, 2.45) is 0 Å². The first-order chi connectivity index (χ1) is 5.95. The summed E-state index contributed by atoms with van der Waals surface area (Å²) in [6.07, 6.45) is 0. The van der Waals surface area contributed by atoms with Gasteiger partial charge in [-0.25, -0.2) is 13.4 Å². The van der Waals surface area contributed by atoms with Crippen molar-refractivity contribution in [1.82, 2.24) is 4.98 Å². The third-order valence-electron chi connectivity index (χ3n) is 1.35. The highest BCUT2D eigenvalue weighted by atomic mass is 35.7. The second-order valence-electron chi connectivity index (χ2n) is 2.35. The summed E-state index contributed by atoms with van der Waals surface area (Å²) in [5.74, 6) is 0. The summed E-state index contributed by atoms with van der Waals surface area (Å²) in [5, 5.41) is 8.18. The van der Waals surface area contributed by atoms with E-state index in [-0.39, 0.29) is 10.6 Å². The minimum absolute atomic E-state index is 0.0411. The average molecular weight is 217 g/mol. The van der Waals surface area contributed by atoms with Crippen LogP contribution in [0, 0.1) is 18.3 Å². The van der Waals surface area contributed by atoms with Crippen LogP contribution < -0.4 is 0 Å². The molecule has 1 rings (SSSR count). The predicted molar refractivity (Wildman–Crippen MR) is 46.7 cm³/mol. The Hall–Kier alpha value is -1.12. The lowest BCUT2D eigenvalue weighted by Gasteiger charge is -1.98. The first kappa shape index (κ1) is 9.96. The number of halogens is 1. The van der Waals surface area contributed by atoms with Gasteiger partial charge >= 0.3 is 0 Å². The number of aromatic nitrogens is 1. The van der Waals surface area contributed by atoms with E-state index in [2.05, 4.69) is 4.98 Å². The molecular formula is C7H5ClN2O2S. The van der Waals surface area contributed by atoms with Gasteiger partial charge in [0.05, 0.1) is 5.56 Å². The van der Waals surface area contributed by atoms with Gasteiger partial charge in [0.2, 0.25) is 0 Å². The molecule has 1 aromatic heterocycles.